The zero-order valence-electron chi connectivity index (χ0n) is 12.6. The summed E-state index contributed by atoms with van der Waals surface area (Å²) in [5, 5.41) is 14.1. The van der Waals surface area contributed by atoms with Gasteiger partial charge in [-0.15, -0.1) is 0 Å². The van der Waals surface area contributed by atoms with Gasteiger partial charge in [-0.05, 0) is 37.6 Å². The second kappa shape index (κ2) is 5.70. The highest BCUT2D eigenvalue weighted by molar-refractivity contribution is 6.30. The normalized spacial score (nSPS) is 20.7. The fraction of sp³-hybridized carbons (Fsp3) is 0.312. The van der Waals surface area contributed by atoms with Crippen molar-refractivity contribution in [3.63, 3.8) is 0 Å². The SMILES string of the molecule is CC1(C(=O)O)CCN(C(=O)c2ccn(-c3cccc(Cl)c3)n2)C1. The van der Waals surface area contributed by atoms with Crippen molar-refractivity contribution in [3.8, 4) is 5.69 Å². The lowest BCUT2D eigenvalue weighted by molar-refractivity contribution is -0.147. The van der Waals surface area contributed by atoms with Gasteiger partial charge in [0.25, 0.3) is 5.91 Å². The first-order valence-electron chi connectivity index (χ1n) is 7.23. The van der Waals surface area contributed by atoms with Crippen LogP contribution in [0.3, 0.4) is 0 Å². The second-order valence-electron chi connectivity index (χ2n) is 5.97. The Morgan fingerprint density at radius 2 is 2.13 bits per heavy atom. The molecule has 0 saturated carbocycles. The van der Waals surface area contributed by atoms with Gasteiger partial charge in [0, 0.05) is 24.3 Å². The van der Waals surface area contributed by atoms with E-state index in [2.05, 4.69) is 5.10 Å². The Labute approximate surface area is 138 Å². The van der Waals surface area contributed by atoms with Crippen LogP contribution in [0.1, 0.15) is 23.8 Å². The van der Waals surface area contributed by atoms with Crippen LogP contribution in [0.2, 0.25) is 5.02 Å². The van der Waals surface area contributed by atoms with Crippen molar-refractivity contribution in [2.75, 3.05) is 13.1 Å². The first-order valence-corrected chi connectivity index (χ1v) is 7.61. The summed E-state index contributed by atoms with van der Waals surface area (Å²) in [7, 11) is 0. The minimum Gasteiger partial charge on any atom is -0.481 e. The van der Waals surface area contributed by atoms with E-state index in [1.807, 2.05) is 6.07 Å². The highest BCUT2D eigenvalue weighted by Gasteiger charge is 2.42. The van der Waals surface area contributed by atoms with Gasteiger partial charge in [-0.25, -0.2) is 4.68 Å². The molecule has 1 aliphatic rings. The average molecular weight is 334 g/mol. The highest BCUT2D eigenvalue weighted by atomic mass is 35.5. The van der Waals surface area contributed by atoms with Crippen LogP contribution in [-0.2, 0) is 4.79 Å². The van der Waals surface area contributed by atoms with E-state index in [0.29, 0.717) is 23.7 Å². The Kier molecular flexibility index (Phi) is 3.85. The number of aliphatic carboxylic acids is 1. The Morgan fingerprint density at radius 3 is 2.78 bits per heavy atom. The molecule has 6 nitrogen and oxygen atoms in total. The Morgan fingerprint density at radius 1 is 1.35 bits per heavy atom. The molecular weight excluding hydrogens is 318 g/mol. The number of carbonyl (C=O) groups excluding carboxylic acids is 1. The zero-order valence-corrected chi connectivity index (χ0v) is 13.3. The Balaban J connectivity index is 1.79. The van der Waals surface area contributed by atoms with Crippen LogP contribution in [0, 0.1) is 5.41 Å². The monoisotopic (exact) mass is 333 g/mol. The standard InChI is InChI=1S/C16H16ClN3O3/c1-16(15(22)23)6-8-19(10-16)14(21)13-5-7-20(18-13)12-4-2-3-11(17)9-12/h2-5,7,9H,6,8,10H2,1H3,(H,22,23). The van der Waals surface area contributed by atoms with Crippen LogP contribution in [0.25, 0.3) is 5.69 Å². The van der Waals surface area contributed by atoms with Crippen LogP contribution in [-0.4, -0.2) is 44.8 Å². The van der Waals surface area contributed by atoms with Crippen molar-refractivity contribution in [1.29, 1.82) is 0 Å². The van der Waals surface area contributed by atoms with Gasteiger partial charge in [0.15, 0.2) is 5.69 Å². The van der Waals surface area contributed by atoms with Crippen LogP contribution < -0.4 is 0 Å². The molecule has 1 aliphatic heterocycles. The quantitative estimate of drug-likeness (QED) is 0.936. The van der Waals surface area contributed by atoms with E-state index in [1.54, 1.807) is 47.0 Å². The maximum atomic E-state index is 12.5. The first kappa shape index (κ1) is 15.6. The summed E-state index contributed by atoms with van der Waals surface area (Å²) in [4.78, 5) is 25.3. The molecule has 1 amide bonds. The number of carbonyl (C=O) groups is 2. The first-order chi connectivity index (χ1) is 10.9. The molecule has 7 heteroatoms. The fourth-order valence-electron chi connectivity index (χ4n) is 2.67. The van der Waals surface area contributed by atoms with E-state index in [1.165, 1.54) is 0 Å². The van der Waals surface area contributed by atoms with Gasteiger partial charge in [-0.1, -0.05) is 17.7 Å². The summed E-state index contributed by atoms with van der Waals surface area (Å²) in [6, 6.07) is 8.78. The molecule has 0 bridgehead atoms. The summed E-state index contributed by atoms with van der Waals surface area (Å²) in [6.45, 7) is 2.28. The molecule has 1 saturated heterocycles. The summed E-state index contributed by atoms with van der Waals surface area (Å²) in [5.41, 5.74) is 0.165. The summed E-state index contributed by atoms with van der Waals surface area (Å²) in [5.74, 6) is -1.13. The number of amides is 1. The molecule has 23 heavy (non-hydrogen) atoms. The predicted octanol–water partition coefficient (Wildman–Crippen LogP) is 2.46. The maximum absolute atomic E-state index is 12.5. The van der Waals surface area contributed by atoms with Gasteiger partial charge in [-0.3, -0.25) is 9.59 Å². The molecule has 0 spiro atoms. The minimum absolute atomic E-state index is 0.200. The van der Waals surface area contributed by atoms with Crippen molar-refractivity contribution in [2.45, 2.75) is 13.3 Å². The summed E-state index contributed by atoms with van der Waals surface area (Å²) < 4.78 is 1.57. The van der Waals surface area contributed by atoms with Crippen molar-refractivity contribution in [3.05, 3.63) is 47.2 Å². The lowest BCUT2D eigenvalue weighted by atomic mass is 9.90. The molecule has 1 unspecified atom stereocenters. The van der Waals surface area contributed by atoms with Crippen molar-refractivity contribution in [1.82, 2.24) is 14.7 Å². The van der Waals surface area contributed by atoms with Crippen LogP contribution in [0.4, 0.5) is 0 Å². The number of nitrogens with zero attached hydrogens (tertiary/aromatic N) is 3. The van der Waals surface area contributed by atoms with Gasteiger partial charge in [-0.2, -0.15) is 5.10 Å². The van der Waals surface area contributed by atoms with Crippen molar-refractivity contribution in [2.24, 2.45) is 5.41 Å². The third kappa shape index (κ3) is 2.94. The molecule has 2 heterocycles. The van der Waals surface area contributed by atoms with E-state index in [9.17, 15) is 14.7 Å². The molecule has 2 aromatic rings. The number of likely N-dealkylation sites (tertiary alicyclic amines) is 1. The van der Waals surface area contributed by atoms with Crippen molar-refractivity contribution >= 4 is 23.5 Å². The number of aromatic nitrogens is 2. The van der Waals surface area contributed by atoms with Gasteiger partial charge >= 0.3 is 5.97 Å². The van der Waals surface area contributed by atoms with Crippen LogP contribution in [0.15, 0.2) is 36.5 Å². The summed E-state index contributed by atoms with van der Waals surface area (Å²) >= 11 is 5.96. The highest BCUT2D eigenvalue weighted by Crippen LogP contribution is 2.30. The number of carboxylic acids is 1. The average Bonchev–Trinajstić information content (AvgIpc) is 3.14. The molecule has 3 rings (SSSR count). The van der Waals surface area contributed by atoms with Gasteiger partial charge in [0.05, 0.1) is 11.1 Å². The second-order valence-corrected chi connectivity index (χ2v) is 6.40. The predicted molar refractivity (Wildman–Crippen MR) is 84.8 cm³/mol. The fourth-order valence-corrected chi connectivity index (χ4v) is 2.86. The molecular formula is C16H16ClN3O3. The number of benzene rings is 1. The molecule has 1 fully saturated rings. The van der Waals surface area contributed by atoms with Gasteiger partial charge in [0.2, 0.25) is 0 Å². The third-order valence-electron chi connectivity index (χ3n) is 4.16. The summed E-state index contributed by atoms with van der Waals surface area (Å²) in [6.07, 6.45) is 2.13. The third-order valence-corrected chi connectivity index (χ3v) is 4.39. The van der Waals surface area contributed by atoms with E-state index in [0.717, 1.165) is 5.69 Å². The molecule has 1 atom stereocenters. The van der Waals surface area contributed by atoms with E-state index >= 15 is 0 Å². The molecule has 1 aromatic carbocycles. The van der Waals surface area contributed by atoms with Crippen LogP contribution >= 0.6 is 11.6 Å². The molecule has 1 N–H and O–H groups in total. The topological polar surface area (TPSA) is 75.4 Å². The molecule has 0 aliphatic carbocycles. The largest absolute Gasteiger partial charge is 0.481 e. The maximum Gasteiger partial charge on any atom is 0.311 e. The number of rotatable bonds is 3. The zero-order chi connectivity index (χ0) is 16.6. The molecule has 0 radical (unpaired) electrons. The van der Waals surface area contributed by atoms with E-state index < -0.39 is 11.4 Å². The lowest BCUT2D eigenvalue weighted by Crippen LogP contribution is -2.35. The number of halogens is 1. The van der Waals surface area contributed by atoms with E-state index in [-0.39, 0.29) is 12.5 Å². The van der Waals surface area contributed by atoms with Crippen LogP contribution in [0.5, 0.6) is 0 Å². The van der Waals surface area contributed by atoms with Gasteiger partial charge in [0.1, 0.15) is 0 Å². The molecule has 1 aromatic heterocycles. The Bertz CT molecular complexity index is 773. The lowest BCUT2D eigenvalue weighted by Gasteiger charge is -2.19. The van der Waals surface area contributed by atoms with E-state index in [4.69, 9.17) is 11.6 Å². The number of carboxylic acid groups (broad SMARTS) is 1. The minimum atomic E-state index is -0.884. The van der Waals surface area contributed by atoms with Gasteiger partial charge < -0.3 is 10.0 Å². The molecule has 120 valence electrons. The smallest absolute Gasteiger partial charge is 0.311 e. The number of hydrogen-bond donors (Lipinski definition) is 1. The number of hydrogen-bond acceptors (Lipinski definition) is 3. The Hall–Kier alpha value is -2.34. The van der Waals surface area contributed by atoms with Crippen molar-refractivity contribution < 1.29 is 14.7 Å².